The molecule has 0 amide bonds. The van der Waals surface area contributed by atoms with Gasteiger partial charge in [-0.1, -0.05) is 61.0 Å². The van der Waals surface area contributed by atoms with Crippen molar-refractivity contribution in [2.45, 2.75) is 26.7 Å². The van der Waals surface area contributed by atoms with E-state index in [1.54, 1.807) is 6.07 Å². The molecule has 0 saturated heterocycles. The highest BCUT2D eigenvalue weighted by molar-refractivity contribution is 6.04. The van der Waals surface area contributed by atoms with Gasteiger partial charge in [-0.2, -0.15) is 0 Å². The summed E-state index contributed by atoms with van der Waals surface area (Å²) < 4.78 is 5.64. The SMILES string of the molecule is Cc1ccc(-c2onc3ccc(-c4cc(C(=O)O)c5cc(C(C)C)ccc5n4)cc23)cc1. The van der Waals surface area contributed by atoms with Crippen LogP contribution >= 0.6 is 0 Å². The van der Waals surface area contributed by atoms with Gasteiger partial charge in [0.25, 0.3) is 0 Å². The van der Waals surface area contributed by atoms with Crippen molar-refractivity contribution in [3.8, 4) is 22.6 Å². The zero-order valence-corrected chi connectivity index (χ0v) is 18.1. The van der Waals surface area contributed by atoms with Crippen molar-refractivity contribution in [1.82, 2.24) is 10.1 Å². The van der Waals surface area contributed by atoms with Crippen LogP contribution in [-0.2, 0) is 0 Å². The minimum absolute atomic E-state index is 0.247. The minimum Gasteiger partial charge on any atom is -0.478 e. The molecule has 2 heterocycles. The van der Waals surface area contributed by atoms with Crippen molar-refractivity contribution in [3.05, 3.63) is 83.4 Å². The summed E-state index contributed by atoms with van der Waals surface area (Å²) in [6.45, 7) is 6.21. The molecule has 0 fully saturated rings. The number of aromatic carboxylic acids is 1. The Bertz CT molecular complexity index is 1480. The summed E-state index contributed by atoms with van der Waals surface area (Å²) in [6, 6.07) is 21.3. The van der Waals surface area contributed by atoms with Crippen LogP contribution in [0.3, 0.4) is 0 Å². The maximum Gasteiger partial charge on any atom is 0.336 e. The van der Waals surface area contributed by atoms with E-state index in [-0.39, 0.29) is 5.56 Å². The van der Waals surface area contributed by atoms with Crippen LogP contribution in [0.4, 0.5) is 0 Å². The highest BCUT2D eigenvalue weighted by Gasteiger charge is 2.16. The Morgan fingerprint density at radius 3 is 2.31 bits per heavy atom. The molecule has 0 unspecified atom stereocenters. The molecule has 0 aliphatic carbocycles. The molecular weight excluding hydrogens is 400 g/mol. The molecule has 0 radical (unpaired) electrons. The average molecular weight is 422 g/mol. The zero-order chi connectivity index (χ0) is 22.4. The van der Waals surface area contributed by atoms with Gasteiger partial charge in [-0.3, -0.25) is 0 Å². The number of carbonyl (C=O) groups is 1. The normalized spacial score (nSPS) is 11.5. The van der Waals surface area contributed by atoms with Crippen molar-refractivity contribution < 1.29 is 14.4 Å². The van der Waals surface area contributed by atoms with Crippen LogP contribution in [0, 0.1) is 6.92 Å². The Morgan fingerprint density at radius 2 is 1.59 bits per heavy atom. The second-order valence-corrected chi connectivity index (χ2v) is 8.40. The molecule has 5 nitrogen and oxygen atoms in total. The molecule has 0 aliphatic rings. The maximum absolute atomic E-state index is 12.1. The molecule has 0 spiro atoms. The van der Waals surface area contributed by atoms with Gasteiger partial charge in [0.15, 0.2) is 5.76 Å². The van der Waals surface area contributed by atoms with E-state index < -0.39 is 5.97 Å². The highest BCUT2D eigenvalue weighted by Crippen LogP contribution is 2.33. The number of hydrogen-bond acceptors (Lipinski definition) is 4. The number of rotatable bonds is 4. The summed E-state index contributed by atoms with van der Waals surface area (Å²) in [6.07, 6.45) is 0. The van der Waals surface area contributed by atoms with Gasteiger partial charge in [0, 0.05) is 16.5 Å². The van der Waals surface area contributed by atoms with Gasteiger partial charge in [0.05, 0.1) is 22.2 Å². The number of fused-ring (bicyclic) bond motifs is 2. The average Bonchev–Trinajstić information content (AvgIpc) is 3.21. The molecule has 5 aromatic rings. The van der Waals surface area contributed by atoms with Crippen LogP contribution in [0.2, 0.25) is 0 Å². The van der Waals surface area contributed by atoms with E-state index >= 15 is 0 Å². The van der Waals surface area contributed by atoms with E-state index in [0.29, 0.717) is 28.3 Å². The summed E-state index contributed by atoms with van der Waals surface area (Å²) in [5.41, 5.74) is 6.25. The van der Waals surface area contributed by atoms with Crippen LogP contribution in [0.25, 0.3) is 44.4 Å². The van der Waals surface area contributed by atoms with Gasteiger partial charge in [0.2, 0.25) is 0 Å². The lowest BCUT2D eigenvalue weighted by Crippen LogP contribution is -2.01. The monoisotopic (exact) mass is 422 g/mol. The second-order valence-electron chi connectivity index (χ2n) is 8.40. The molecule has 1 N–H and O–H groups in total. The van der Waals surface area contributed by atoms with E-state index in [0.717, 1.165) is 27.6 Å². The first-order valence-corrected chi connectivity index (χ1v) is 10.6. The lowest BCUT2D eigenvalue weighted by atomic mass is 9.97. The number of carboxylic acid groups (broad SMARTS) is 1. The molecular formula is C27H22N2O3. The molecule has 158 valence electrons. The predicted molar refractivity (Wildman–Crippen MR) is 126 cm³/mol. The third kappa shape index (κ3) is 3.42. The quantitative estimate of drug-likeness (QED) is 0.343. The summed E-state index contributed by atoms with van der Waals surface area (Å²) in [5, 5.41) is 15.6. The fourth-order valence-electron chi connectivity index (χ4n) is 3.94. The second kappa shape index (κ2) is 7.61. The number of pyridine rings is 1. The number of benzene rings is 3. The van der Waals surface area contributed by atoms with Crippen LogP contribution in [-0.4, -0.2) is 21.2 Å². The summed E-state index contributed by atoms with van der Waals surface area (Å²) in [5.74, 6) is 0.0190. The maximum atomic E-state index is 12.1. The van der Waals surface area contributed by atoms with Gasteiger partial charge < -0.3 is 9.63 Å². The molecule has 32 heavy (non-hydrogen) atoms. The lowest BCUT2D eigenvalue weighted by molar-refractivity contribution is 0.0699. The number of carboxylic acids is 1. The first-order valence-electron chi connectivity index (χ1n) is 10.6. The zero-order valence-electron chi connectivity index (χ0n) is 18.1. The fourth-order valence-corrected chi connectivity index (χ4v) is 3.94. The van der Waals surface area contributed by atoms with Crippen molar-refractivity contribution in [2.24, 2.45) is 0 Å². The molecule has 0 aliphatic heterocycles. The molecule has 0 bridgehead atoms. The lowest BCUT2D eigenvalue weighted by Gasteiger charge is -2.11. The minimum atomic E-state index is -0.967. The number of aromatic nitrogens is 2. The Hall–Kier alpha value is -3.99. The van der Waals surface area contributed by atoms with Crippen LogP contribution in [0.1, 0.15) is 41.3 Å². The van der Waals surface area contributed by atoms with Gasteiger partial charge in [0.1, 0.15) is 5.52 Å². The highest BCUT2D eigenvalue weighted by atomic mass is 16.5. The number of nitrogens with zero attached hydrogens (tertiary/aromatic N) is 2. The fraction of sp³-hybridized carbons (Fsp3) is 0.148. The first-order chi connectivity index (χ1) is 15.4. The Kier molecular flexibility index (Phi) is 4.74. The smallest absolute Gasteiger partial charge is 0.336 e. The Labute approximate surface area is 185 Å². The molecule has 5 heteroatoms. The third-order valence-electron chi connectivity index (χ3n) is 5.82. The number of hydrogen-bond donors (Lipinski definition) is 1. The molecule has 0 atom stereocenters. The van der Waals surface area contributed by atoms with E-state index in [1.165, 1.54) is 5.56 Å². The first kappa shape index (κ1) is 19.9. The van der Waals surface area contributed by atoms with E-state index in [1.807, 2.05) is 67.6 Å². The van der Waals surface area contributed by atoms with Gasteiger partial charge in [-0.15, -0.1) is 0 Å². The molecule has 0 saturated carbocycles. The van der Waals surface area contributed by atoms with Crippen molar-refractivity contribution in [2.75, 3.05) is 0 Å². The molecule has 2 aromatic heterocycles. The van der Waals surface area contributed by atoms with E-state index in [4.69, 9.17) is 9.51 Å². The predicted octanol–water partition coefficient (Wildman–Crippen LogP) is 6.84. The number of aryl methyl sites for hydroxylation is 1. The van der Waals surface area contributed by atoms with Gasteiger partial charge in [-0.05, 0) is 48.7 Å². The van der Waals surface area contributed by atoms with E-state index in [9.17, 15) is 9.90 Å². The summed E-state index contributed by atoms with van der Waals surface area (Å²) in [4.78, 5) is 16.8. The van der Waals surface area contributed by atoms with Crippen molar-refractivity contribution in [3.63, 3.8) is 0 Å². The summed E-state index contributed by atoms with van der Waals surface area (Å²) in [7, 11) is 0. The topological polar surface area (TPSA) is 76.2 Å². The van der Waals surface area contributed by atoms with Crippen molar-refractivity contribution in [1.29, 1.82) is 0 Å². The van der Waals surface area contributed by atoms with Crippen LogP contribution < -0.4 is 0 Å². The van der Waals surface area contributed by atoms with Gasteiger partial charge >= 0.3 is 5.97 Å². The third-order valence-corrected chi connectivity index (χ3v) is 5.82. The molecule has 5 rings (SSSR count). The largest absolute Gasteiger partial charge is 0.478 e. The van der Waals surface area contributed by atoms with Crippen LogP contribution in [0.15, 0.2) is 71.3 Å². The van der Waals surface area contributed by atoms with Crippen LogP contribution in [0.5, 0.6) is 0 Å². The van der Waals surface area contributed by atoms with Crippen molar-refractivity contribution >= 4 is 27.8 Å². The standard InChI is InChI=1S/C27H22N2O3/c1-15(2)18-8-10-23-20(12-18)21(27(30)31)14-25(28-23)19-9-11-24-22(13-19)26(32-29-24)17-6-4-16(3)5-7-17/h4-15H,1-3H3,(H,30,31). The Balaban J connectivity index is 1.68. The molecule has 3 aromatic carbocycles. The van der Waals surface area contributed by atoms with E-state index in [2.05, 4.69) is 19.0 Å². The Morgan fingerprint density at radius 1 is 0.875 bits per heavy atom. The van der Waals surface area contributed by atoms with Gasteiger partial charge in [-0.25, -0.2) is 9.78 Å². The summed E-state index contributed by atoms with van der Waals surface area (Å²) >= 11 is 0.